The fourth-order valence-corrected chi connectivity index (χ4v) is 6.34. The van der Waals surface area contributed by atoms with Crippen molar-refractivity contribution < 1.29 is 14.7 Å². The van der Waals surface area contributed by atoms with Gasteiger partial charge in [0.2, 0.25) is 0 Å². The number of pyridine rings is 1. The number of hydrogen-bond acceptors (Lipinski definition) is 11. The average molecular weight is 541 g/mol. The number of aliphatic hydroxyl groups is 1. The highest BCUT2D eigenvalue weighted by molar-refractivity contribution is 7.16. The average Bonchev–Trinajstić information content (AvgIpc) is 3.16. The van der Waals surface area contributed by atoms with Gasteiger partial charge in [0.05, 0.1) is 27.0 Å². The molecule has 6 rings (SSSR count). The number of carbonyl (C=O) groups excluding carboxylic acids is 1. The molecule has 2 N–H and O–H groups in total. The number of piperidine rings is 1. The van der Waals surface area contributed by atoms with Crippen LogP contribution in [0.15, 0.2) is 28.9 Å². The number of rotatable bonds is 7. The van der Waals surface area contributed by atoms with Crippen molar-refractivity contribution in [3.63, 3.8) is 0 Å². The van der Waals surface area contributed by atoms with Crippen LogP contribution >= 0.6 is 22.7 Å². The molecule has 0 amide bonds. The van der Waals surface area contributed by atoms with E-state index in [4.69, 9.17) is 4.84 Å². The normalized spacial score (nSPS) is 22.9. The Morgan fingerprint density at radius 1 is 1.24 bits per heavy atom. The third-order valence-corrected chi connectivity index (χ3v) is 8.93. The van der Waals surface area contributed by atoms with E-state index < -0.39 is 5.60 Å². The fraction of sp³-hybridized carbons (Fsp3) is 0.500. The SMILES string of the molecule is CN1C2CC[C@H]1CC(=NOCC1(O)CC1)C2.Cc1nc(C)c(-c2csc(Nc3ccc(C=O)cn3)n2)s1. The first-order valence-corrected chi connectivity index (χ1v) is 14.2. The van der Waals surface area contributed by atoms with Crippen molar-refractivity contribution >= 4 is 45.6 Å². The van der Waals surface area contributed by atoms with E-state index in [1.165, 1.54) is 36.1 Å². The smallest absolute Gasteiger partial charge is 0.188 e. The van der Waals surface area contributed by atoms with Crippen LogP contribution in [0.2, 0.25) is 0 Å². The van der Waals surface area contributed by atoms with Gasteiger partial charge in [0.15, 0.2) is 11.4 Å². The Balaban J connectivity index is 0.000000157. The van der Waals surface area contributed by atoms with Crippen LogP contribution in [0.3, 0.4) is 0 Å². The molecule has 0 spiro atoms. The first kappa shape index (κ1) is 25.9. The zero-order valence-corrected chi connectivity index (χ0v) is 22.9. The lowest BCUT2D eigenvalue weighted by Gasteiger charge is -2.31. The summed E-state index contributed by atoms with van der Waals surface area (Å²) in [6, 6.07) is 4.82. The van der Waals surface area contributed by atoms with Gasteiger partial charge in [0, 0.05) is 42.1 Å². The Morgan fingerprint density at radius 3 is 2.59 bits per heavy atom. The predicted octanol–water partition coefficient (Wildman–Crippen LogP) is 4.98. The second-order valence-electron chi connectivity index (χ2n) is 10.0. The van der Waals surface area contributed by atoms with Crippen molar-refractivity contribution in [1.29, 1.82) is 0 Å². The van der Waals surface area contributed by atoms with Crippen molar-refractivity contribution in [2.24, 2.45) is 5.16 Å². The minimum atomic E-state index is -0.547. The standard InChI is InChI=1S/C14H12N4OS2.C12H20N2O2/c1-8-13(21-9(2)16-8)11-7-20-14(17-11)18-12-4-3-10(6-19)5-15-12;1-14-10-2-3-11(14)7-9(6-10)13-16-8-12(15)4-5-12/h3-7H,1-2H3,(H,15,17,18);10-11,15H,2-8H2,1H3/t;10-,11?/m.0/s1. The first-order chi connectivity index (χ1) is 17.8. The Bertz CT molecular complexity index is 1250. The van der Waals surface area contributed by atoms with Gasteiger partial charge in [-0.15, -0.1) is 22.7 Å². The number of anilines is 2. The molecule has 9 nitrogen and oxygen atoms in total. The second kappa shape index (κ2) is 10.9. The van der Waals surface area contributed by atoms with E-state index in [2.05, 4.69) is 37.4 Å². The van der Waals surface area contributed by atoms with Gasteiger partial charge in [-0.1, -0.05) is 5.16 Å². The highest BCUT2D eigenvalue weighted by Gasteiger charge is 2.42. The molecule has 2 aliphatic heterocycles. The number of nitrogens with zero attached hydrogens (tertiary/aromatic N) is 5. The second-order valence-corrected chi connectivity index (χ2v) is 12.1. The van der Waals surface area contributed by atoms with E-state index in [9.17, 15) is 9.90 Å². The summed E-state index contributed by atoms with van der Waals surface area (Å²) in [4.78, 5) is 32.6. The van der Waals surface area contributed by atoms with Gasteiger partial charge in [-0.05, 0) is 58.7 Å². The maximum Gasteiger partial charge on any atom is 0.188 e. The number of aldehydes is 1. The van der Waals surface area contributed by atoms with Crippen LogP contribution in [-0.4, -0.2) is 68.3 Å². The molecular weight excluding hydrogens is 508 g/mol. The van der Waals surface area contributed by atoms with Crippen LogP contribution in [0.25, 0.3) is 10.6 Å². The summed E-state index contributed by atoms with van der Waals surface area (Å²) < 4.78 is 0. The van der Waals surface area contributed by atoms with Gasteiger partial charge >= 0.3 is 0 Å². The summed E-state index contributed by atoms with van der Waals surface area (Å²) >= 11 is 3.16. The molecule has 2 bridgehead atoms. The molecule has 37 heavy (non-hydrogen) atoms. The van der Waals surface area contributed by atoms with E-state index in [1.807, 2.05) is 19.2 Å². The number of carbonyl (C=O) groups is 1. The van der Waals surface area contributed by atoms with Gasteiger partial charge in [0.1, 0.15) is 18.0 Å². The molecule has 5 heterocycles. The topological polar surface area (TPSA) is 113 Å². The summed E-state index contributed by atoms with van der Waals surface area (Å²) in [6.07, 6.45) is 8.72. The van der Waals surface area contributed by atoms with Crippen LogP contribution in [0.1, 0.15) is 59.6 Å². The van der Waals surface area contributed by atoms with Gasteiger partial charge in [-0.2, -0.15) is 0 Å². The van der Waals surface area contributed by atoms with E-state index in [0.717, 1.165) is 58.4 Å². The summed E-state index contributed by atoms with van der Waals surface area (Å²) in [5.41, 5.74) is 3.12. The van der Waals surface area contributed by atoms with Crippen LogP contribution < -0.4 is 5.32 Å². The van der Waals surface area contributed by atoms with Gasteiger partial charge in [0.25, 0.3) is 0 Å². The lowest BCUT2D eigenvalue weighted by Crippen LogP contribution is -2.40. The summed E-state index contributed by atoms with van der Waals surface area (Å²) in [5, 5.41) is 20.8. The monoisotopic (exact) mass is 540 g/mol. The summed E-state index contributed by atoms with van der Waals surface area (Å²) in [7, 11) is 2.22. The minimum Gasteiger partial charge on any atom is -0.393 e. The van der Waals surface area contributed by atoms with Crippen LogP contribution in [0.4, 0.5) is 10.9 Å². The van der Waals surface area contributed by atoms with Crippen molar-refractivity contribution in [1.82, 2.24) is 19.9 Å². The number of aryl methyl sites for hydroxylation is 2. The lowest BCUT2D eigenvalue weighted by atomic mass is 10.0. The highest BCUT2D eigenvalue weighted by Crippen LogP contribution is 2.36. The van der Waals surface area contributed by atoms with Crippen LogP contribution in [0.5, 0.6) is 0 Å². The Hall–Kier alpha value is -2.73. The predicted molar refractivity (Wildman–Crippen MR) is 147 cm³/mol. The van der Waals surface area contributed by atoms with Crippen molar-refractivity contribution in [3.8, 4) is 10.6 Å². The Kier molecular flexibility index (Phi) is 7.66. The molecular formula is C26H32N6O3S2. The highest BCUT2D eigenvalue weighted by atomic mass is 32.1. The summed E-state index contributed by atoms with van der Waals surface area (Å²) in [6.45, 7) is 4.36. The van der Waals surface area contributed by atoms with E-state index in [-0.39, 0.29) is 0 Å². The molecule has 2 saturated heterocycles. The number of aromatic nitrogens is 3. The van der Waals surface area contributed by atoms with Crippen molar-refractivity contribution in [3.05, 3.63) is 40.0 Å². The lowest BCUT2D eigenvalue weighted by molar-refractivity contribution is 0.0224. The third-order valence-electron chi connectivity index (χ3n) is 7.08. The summed E-state index contributed by atoms with van der Waals surface area (Å²) in [5.74, 6) is 0.665. The fourth-order valence-electron chi connectivity index (χ4n) is 4.68. The molecule has 0 aromatic carbocycles. The molecule has 196 valence electrons. The molecule has 1 saturated carbocycles. The van der Waals surface area contributed by atoms with E-state index >= 15 is 0 Å². The molecule has 0 radical (unpaired) electrons. The number of nitrogens with one attached hydrogen (secondary N) is 1. The number of fused-ring (bicyclic) bond motifs is 2. The quantitative estimate of drug-likeness (QED) is 0.319. The van der Waals surface area contributed by atoms with Gasteiger partial charge < -0.3 is 15.3 Å². The first-order valence-electron chi connectivity index (χ1n) is 12.5. The van der Waals surface area contributed by atoms with Gasteiger partial charge in [-0.25, -0.2) is 15.0 Å². The van der Waals surface area contributed by atoms with Crippen molar-refractivity contribution in [2.45, 2.75) is 70.1 Å². The van der Waals surface area contributed by atoms with E-state index in [1.54, 1.807) is 23.5 Å². The maximum absolute atomic E-state index is 10.6. The maximum atomic E-state index is 10.6. The zero-order valence-electron chi connectivity index (χ0n) is 21.3. The molecule has 3 fully saturated rings. The molecule has 3 aromatic rings. The zero-order chi connectivity index (χ0) is 26.0. The molecule has 11 heteroatoms. The minimum absolute atomic E-state index is 0.377. The Morgan fingerprint density at radius 2 is 2.00 bits per heavy atom. The molecule has 1 aliphatic carbocycles. The van der Waals surface area contributed by atoms with Crippen molar-refractivity contribution in [2.75, 3.05) is 19.0 Å². The number of hydrogen-bond donors (Lipinski definition) is 2. The largest absolute Gasteiger partial charge is 0.393 e. The van der Waals surface area contributed by atoms with E-state index in [0.29, 0.717) is 30.1 Å². The molecule has 3 aromatic heterocycles. The van der Waals surface area contributed by atoms with Crippen LogP contribution in [0, 0.1) is 13.8 Å². The van der Waals surface area contributed by atoms with Gasteiger partial charge in [-0.3, -0.25) is 9.69 Å². The number of oxime groups is 1. The Labute approximate surface area is 224 Å². The molecule has 2 atom stereocenters. The molecule has 3 aliphatic rings. The van der Waals surface area contributed by atoms with Crippen LogP contribution in [-0.2, 0) is 4.84 Å². The third kappa shape index (κ3) is 6.40. The molecule has 1 unspecified atom stereocenters. The number of thiazole rings is 2.